The van der Waals surface area contributed by atoms with Crippen molar-refractivity contribution in [3.05, 3.63) is 119 Å². The van der Waals surface area contributed by atoms with Crippen molar-refractivity contribution in [3.8, 4) is 33.4 Å². The predicted octanol–water partition coefficient (Wildman–Crippen LogP) is 9.85. The minimum atomic E-state index is -4.81. The molecule has 3 amide bonds. The molecule has 4 atom stereocenters. The van der Waals surface area contributed by atoms with Crippen LogP contribution in [0.25, 0.3) is 21.6 Å². The van der Waals surface area contributed by atoms with E-state index >= 15 is 0 Å². The van der Waals surface area contributed by atoms with Crippen LogP contribution in [-0.4, -0.2) is 93.2 Å². The lowest BCUT2D eigenvalue weighted by atomic mass is 9.85. The number of rotatable bonds is 18. The van der Waals surface area contributed by atoms with Gasteiger partial charge in [-0.05, 0) is 129 Å². The number of hydrogen-bond acceptors (Lipinski definition) is 11. The number of aliphatic hydroxyl groups excluding tert-OH is 1. The van der Waals surface area contributed by atoms with Crippen LogP contribution in [0.3, 0.4) is 0 Å². The summed E-state index contributed by atoms with van der Waals surface area (Å²) in [5, 5.41) is 22.7. The van der Waals surface area contributed by atoms with E-state index in [0.29, 0.717) is 37.3 Å². The van der Waals surface area contributed by atoms with E-state index in [0.717, 1.165) is 49.9 Å². The van der Waals surface area contributed by atoms with E-state index in [4.69, 9.17) is 21.7 Å². The highest BCUT2D eigenvalue weighted by atomic mass is 32.1. The first-order valence-corrected chi connectivity index (χ1v) is 25.3. The van der Waals surface area contributed by atoms with Crippen LogP contribution in [0, 0.1) is 23.7 Å². The maximum atomic E-state index is 14.1. The second kappa shape index (κ2) is 22.3. The monoisotopic (exact) mass is 1040 g/mol. The molecule has 2 saturated heterocycles. The van der Waals surface area contributed by atoms with Gasteiger partial charge in [-0.1, -0.05) is 69.3 Å². The van der Waals surface area contributed by atoms with Gasteiger partial charge >= 0.3 is 6.18 Å². The maximum absolute atomic E-state index is 14.1. The van der Waals surface area contributed by atoms with E-state index in [1.807, 2.05) is 101 Å². The molecule has 2 N–H and O–H groups in total. The average Bonchev–Trinajstić information content (AvgIpc) is 4.02. The summed E-state index contributed by atoms with van der Waals surface area (Å²) in [5.41, 5.74) is 3.41. The molecule has 4 aromatic carbocycles. The molecule has 0 unspecified atom stereocenters. The number of anilines is 2. The lowest BCUT2D eigenvalue weighted by Crippen LogP contribution is -2.57. The SMILES string of the molecule is Cc1ncsc1-c1ccc(CCC(=O)[C@@H]2C[C@@H](O)CN2C(=O)[C@@H](NC(=O)CO[C@@H](C)CCCOc2ccc(-c3ccc(N4C(=S)N(c5ccc(C#N)c(C(F)(F)F)c5)C(=O)C4(C)C)cc3)cc2)C(C)(C)C)cc1. The number of nitrogens with one attached hydrogen (secondary N) is 1. The van der Waals surface area contributed by atoms with Crippen LogP contribution in [0.4, 0.5) is 24.5 Å². The lowest BCUT2D eigenvalue weighted by Gasteiger charge is -2.35. The van der Waals surface area contributed by atoms with E-state index in [9.17, 15) is 42.7 Å². The lowest BCUT2D eigenvalue weighted by molar-refractivity contribution is -0.144. The minimum absolute atomic E-state index is 0.00147. The molecule has 0 spiro atoms. The highest BCUT2D eigenvalue weighted by molar-refractivity contribution is 7.81. The van der Waals surface area contributed by atoms with Gasteiger partial charge in [0.05, 0.1) is 63.8 Å². The van der Waals surface area contributed by atoms with Crippen LogP contribution >= 0.6 is 23.6 Å². The quantitative estimate of drug-likeness (QED) is 0.0634. The Morgan fingerprint density at radius 1 is 0.973 bits per heavy atom. The van der Waals surface area contributed by atoms with Crippen molar-refractivity contribution in [1.82, 2.24) is 15.2 Å². The van der Waals surface area contributed by atoms with Gasteiger partial charge in [0.15, 0.2) is 10.9 Å². The summed E-state index contributed by atoms with van der Waals surface area (Å²) in [7, 11) is 0. The molecule has 5 aromatic rings. The summed E-state index contributed by atoms with van der Waals surface area (Å²) < 4.78 is 53.2. The first-order chi connectivity index (χ1) is 34.5. The van der Waals surface area contributed by atoms with Crippen LogP contribution in [0.2, 0.25) is 0 Å². The molecular formula is C55H59F3N6O7S2. The summed E-state index contributed by atoms with van der Waals surface area (Å²) in [6.45, 7) is 12.7. The number of halogens is 3. The number of nitriles is 1. The normalized spacial score (nSPS) is 17.6. The van der Waals surface area contributed by atoms with Crippen molar-refractivity contribution in [2.75, 3.05) is 29.6 Å². The number of carbonyl (C=O) groups is 4. The maximum Gasteiger partial charge on any atom is 0.417 e. The number of nitrogens with zero attached hydrogens (tertiary/aromatic N) is 5. The number of ether oxygens (including phenoxy) is 2. The van der Waals surface area contributed by atoms with Crippen molar-refractivity contribution >= 4 is 63.5 Å². The zero-order valence-corrected chi connectivity index (χ0v) is 43.4. The third-order valence-electron chi connectivity index (χ3n) is 13.2. The molecule has 2 aliphatic rings. The van der Waals surface area contributed by atoms with Gasteiger partial charge in [-0.25, -0.2) is 4.98 Å². The number of benzene rings is 4. The van der Waals surface area contributed by atoms with Gasteiger partial charge in [0.1, 0.15) is 23.9 Å². The Labute approximate surface area is 432 Å². The Bertz CT molecular complexity index is 2880. The fourth-order valence-corrected chi connectivity index (χ4v) is 10.4. The number of Topliss-reactive ketones (excluding diaryl/α,β-unsaturated/α-hetero) is 1. The summed E-state index contributed by atoms with van der Waals surface area (Å²) in [4.78, 5) is 64.1. The van der Waals surface area contributed by atoms with E-state index in [1.54, 1.807) is 48.3 Å². The van der Waals surface area contributed by atoms with E-state index in [-0.39, 0.29) is 48.7 Å². The second-order valence-corrected chi connectivity index (χ2v) is 21.3. The van der Waals surface area contributed by atoms with Gasteiger partial charge in [0.25, 0.3) is 5.91 Å². The number of likely N-dealkylation sites (tertiary alicyclic amines) is 1. The van der Waals surface area contributed by atoms with Gasteiger partial charge in [-0.2, -0.15) is 18.4 Å². The van der Waals surface area contributed by atoms with E-state index in [1.165, 1.54) is 11.0 Å². The molecule has 0 saturated carbocycles. The molecule has 2 aliphatic heterocycles. The fourth-order valence-electron chi connectivity index (χ4n) is 9.08. The number of hydrogen-bond donors (Lipinski definition) is 2. The van der Waals surface area contributed by atoms with Crippen LogP contribution in [0.5, 0.6) is 5.75 Å². The fraction of sp³-hybridized carbons (Fsp3) is 0.400. The number of thiocarbonyl (C=S) groups is 1. The number of ketones is 1. The van der Waals surface area contributed by atoms with Crippen LogP contribution in [0.1, 0.15) is 89.6 Å². The number of amides is 3. The molecular weight excluding hydrogens is 978 g/mol. The van der Waals surface area contributed by atoms with Gasteiger partial charge in [-0.3, -0.25) is 24.1 Å². The van der Waals surface area contributed by atoms with Gasteiger partial charge < -0.3 is 29.7 Å². The smallest absolute Gasteiger partial charge is 0.417 e. The van der Waals surface area contributed by atoms with Crippen molar-refractivity contribution in [1.29, 1.82) is 5.26 Å². The summed E-state index contributed by atoms with van der Waals surface area (Å²) in [6, 6.07) is 25.7. The first kappa shape index (κ1) is 54.3. The Balaban J connectivity index is 0.855. The van der Waals surface area contributed by atoms with Gasteiger partial charge in [-0.15, -0.1) is 11.3 Å². The Morgan fingerprint density at radius 2 is 1.60 bits per heavy atom. The number of β-amino-alcohol motifs (C(OH)–C–C–N with tert-alkyl or cyclic N) is 1. The number of alkyl halides is 3. The molecule has 1 aromatic heterocycles. The highest BCUT2D eigenvalue weighted by Crippen LogP contribution is 2.40. The van der Waals surface area contributed by atoms with Crippen molar-refractivity contribution < 1.29 is 46.9 Å². The summed E-state index contributed by atoms with van der Waals surface area (Å²) in [5.74, 6) is -0.902. The zero-order chi connectivity index (χ0) is 53.0. The van der Waals surface area contributed by atoms with E-state index in [2.05, 4.69) is 10.3 Å². The molecule has 384 valence electrons. The Morgan fingerprint density at radius 3 is 2.21 bits per heavy atom. The largest absolute Gasteiger partial charge is 0.494 e. The van der Waals surface area contributed by atoms with Crippen molar-refractivity contribution in [3.63, 3.8) is 0 Å². The van der Waals surface area contributed by atoms with Gasteiger partial charge in [0, 0.05) is 25.1 Å². The average molecular weight is 1040 g/mol. The summed E-state index contributed by atoms with van der Waals surface area (Å²) >= 11 is 7.25. The van der Waals surface area contributed by atoms with Crippen molar-refractivity contribution in [2.45, 2.75) is 117 Å². The number of thiazole rings is 1. The molecule has 0 radical (unpaired) electrons. The zero-order valence-electron chi connectivity index (χ0n) is 41.8. The number of aromatic nitrogens is 1. The second-order valence-electron chi connectivity index (χ2n) is 20.0. The first-order valence-electron chi connectivity index (χ1n) is 24.0. The molecule has 3 heterocycles. The molecule has 0 bridgehead atoms. The number of aliphatic hydroxyl groups is 1. The van der Waals surface area contributed by atoms with Crippen molar-refractivity contribution in [2.24, 2.45) is 5.41 Å². The Kier molecular flexibility index (Phi) is 16.6. The summed E-state index contributed by atoms with van der Waals surface area (Å²) in [6.07, 6.45) is -3.92. The number of carbonyl (C=O) groups excluding carboxylic acids is 4. The third-order valence-corrected chi connectivity index (χ3v) is 14.5. The van der Waals surface area contributed by atoms with Crippen LogP contribution in [-0.2, 0) is 36.5 Å². The molecule has 0 aliphatic carbocycles. The minimum Gasteiger partial charge on any atom is -0.494 e. The standard InChI is InChI=1S/C55H59F3N6O7S2/c1-33(71-31-47(67)61-49(53(3,4)5)50(68)62-30-42(65)28-45(62)46(66)25-12-35-10-13-38(14-11-35)48-34(2)60-32-73-48)9-8-26-70-43-23-18-37(19-24-43)36-15-20-40(21-16-36)64-52(72)63(51(69)54(64,6)7)41-22-17-39(29-59)44(27-41)55(56,57)58/h10-11,13-24,27,32-33,42,45,49,65H,8-9,12,25-26,28,30-31H2,1-7H3,(H,61,67)/t33-,42+,45-,49+/m0/s1. The number of aryl methyl sites for hydroxylation is 2. The highest BCUT2D eigenvalue weighted by Gasteiger charge is 2.51. The predicted molar refractivity (Wildman–Crippen MR) is 278 cm³/mol. The topological polar surface area (TPSA) is 165 Å². The molecule has 2 fully saturated rings. The van der Waals surface area contributed by atoms with Crippen LogP contribution in [0.15, 0.2) is 96.5 Å². The molecule has 18 heteroatoms. The van der Waals surface area contributed by atoms with Crippen LogP contribution < -0.4 is 19.9 Å². The Hall–Kier alpha value is -6.52. The van der Waals surface area contributed by atoms with Gasteiger partial charge in [0.2, 0.25) is 11.8 Å². The molecule has 13 nitrogen and oxygen atoms in total. The molecule has 73 heavy (non-hydrogen) atoms. The molecule has 7 rings (SSSR count). The third kappa shape index (κ3) is 12.5. The van der Waals surface area contributed by atoms with E-state index < -0.39 is 64.2 Å².